The van der Waals surface area contributed by atoms with Crippen molar-refractivity contribution in [3.8, 4) is 0 Å². The number of hydrogen-bond donors (Lipinski definition) is 3. The second-order valence-electron chi connectivity index (χ2n) is 4.88. The van der Waals surface area contributed by atoms with Crippen LogP contribution in [0.4, 0.5) is 5.69 Å². The van der Waals surface area contributed by atoms with Gasteiger partial charge in [0, 0.05) is 5.69 Å². The predicted octanol–water partition coefficient (Wildman–Crippen LogP) is 1.64. The first-order valence-corrected chi connectivity index (χ1v) is 6.22. The maximum absolute atomic E-state index is 12.1. The number of carboxylic acids is 1. The fourth-order valence-corrected chi connectivity index (χ4v) is 1.74. The normalized spacial score (nSPS) is 11.1. The van der Waals surface area contributed by atoms with Gasteiger partial charge in [-0.15, -0.1) is 0 Å². The Morgan fingerprint density at radius 2 is 2.00 bits per heavy atom. The van der Waals surface area contributed by atoms with Gasteiger partial charge in [0.15, 0.2) is 0 Å². The molecule has 1 rings (SSSR count). The van der Waals surface area contributed by atoms with Crippen LogP contribution in [0.2, 0.25) is 0 Å². The average Bonchev–Trinajstić information content (AvgIpc) is 2.28. The molecule has 0 aliphatic carbocycles. The third-order valence-corrected chi connectivity index (χ3v) is 2.73. The summed E-state index contributed by atoms with van der Waals surface area (Å²) in [7, 11) is 0. The molecule has 1 amide bonds. The quantitative estimate of drug-likeness (QED) is 0.730. The lowest BCUT2D eigenvalue weighted by molar-refractivity contribution is -0.136. The number of rotatable bonds is 6. The Bertz CT molecular complexity index is 470. The SMILES string of the molecule is CCNC(C)(C)C(=O)Nc1cccc(CC(=O)O)c1. The number of likely N-dealkylation sites (N-methyl/N-ethyl adjacent to an activating group) is 1. The fourth-order valence-electron chi connectivity index (χ4n) is 1.74. The molecule has 0 spiro atoms. The smallest absolute Gasteiger partial charge is 0.307 e. The molecule has 104 valence electrons. The summed E-state index contributed by atoms with van der Waals surface area (Å²) in [4.78, 5) is 22.7. The molecular formula is C14H20N2O3. The Balaban J connectivity index is 2.77. The summed E-state index contributed by atoms with van der Waals surface area (Å²) in [5.74, 6) is -1.04. The van der Waals surface area contributed by atoms with Crippen molar-refractivity contribution < 1.29 is 14.7 Å². The van der Waals surface area contributed by atoms with Crippen molar-refractivity contribution in [3.05, 3.63) is 29.8 Å². The number of nitrogens with one attached hydrogen (secondary N) is 2. The maximum Gasteiger partial charge on any atom is 0.307 e. The highest BCUT2D eigenvalue weighted by Crippen LogP contribution is 2.14. The van der Waals surface area contributed by atoms with Gasteiger partial charge in [0.1, 0.15) is 0 Å². The van der Waals surface area contributed by atoms with Gasteiger partial charge in [-0.25, -0.2) is 0 Å². The first-order chi connectivity index (χ1) is 8.85. The zero-order valence-electron chi connectivity index (χ0n) is 11.5. The molecule has 1 aromatic rings. The third kappa shape index (κ3) is 4.71. The van der Waals surface area contributed by atoms with Crippen molar-refractivity contribution in [2.45, 2.75) is 32.7 Å². The standard InChI is InChI=1S/C14H20N2O3/c1-4-15-14(2,3)13(19)16-11-7-5-6-10(8-11)9-12(17)18/h5-8,15H,4,9H2,1-3H3,(H,16,19)(H,17,18). The van der Waals surface area contributed by atoms with Crippen molar-refractivity contribution in [2.24, 2.45) is 0 Å². The van der Waals surface area contributed by atoms with Crippen LogP contribution in [0.25, 0.3) is 0 Å². The van der Waals surface area contributed by atoms with E-state index >= 15 is 0 Å². The maximum atomic E-state index is 12.1. The zero-order valence-corrected chi connectivity index (χ0v) is 11.5. The first kappa shape index (κ1) is 15.2. The highest BCUT2D eigenvalue weighted by atomic mass is 16.4. The topological polar surface area (TPSA) is 78.4 Å². The van der Waals surface area contributed by atoms with Crippen molar-refractivity contribution in [3.63, 3.8) is 0 Å². The van der Waals surface area contributed by atoms with Gasteiger partial charge < -0.3 is 15.7 Å². The Morgan fingerprint density at radius 3 is 2.58 bits per heavy atom. The summed E-state index contributed by atoms with van der Waals surface area (Å²) < 4.78 is 0. The molecule has 0 aliphatic heterocycles. The van der Waals surface area contributed by atoms with Gasteiger partial charge in [-0.3, -0.25) is 9.59 Å². The molecule has 0 bridgehead atoms. The Kier molecular flexibility index (Phi) is 5.06. The van der Waals surface area contributed by atoms with Crippen molar-refractivity contribution in [1.29, 1.82) is 0 Å². The van der Waals surface area contributed by atoms with Crippen molar-refractivity contribution in [1.82, 2.24) is 5.32 Å². The summed E-state index contributed by atoms with van der Waals surface area (Å²) in [5, 5.41) is 14.6. The molecule has 0 heterocycles. The second kappa shape index (κ2) is 6.33. The summed E-state index contributed by atoms with van der Waals surface area (Å²) >= 11 is 0. The molecule has 0 atom stereocenters. The van der Waals surface area contributed by atoms with Crippen LogP contribution < -0.4 is 10.6 Å². The first-order valence-electron chi connectivity index (χ1n) is 6.22. The number of aliphatic carboxylic acids is 1. The number of carbonyl (C=O) groups excluding carboxylic acids is 1. The van der Waals surface area contributed by atoms with Crippen LogP contribution in [0.1, 0.15) is 26.3 Å². The van der Waals surface area contributed by atoms with Crippen molar-refractivity contribution in [2.75, 3.05) is 11.9 Å². The highest BCUT2D eigenvalue weighted by Gasteiger charge is 2.26. The number of carboxylic acid groups (broad SMARTS) is 1. The molecule has 19 heavy (non-hydrogen) atoms. The van der Waals surface area contributed by atoms with E-state index in [0.29, 0.717) is 17.8 Å². The summed E-state index contributed by atoms with van der Waals surface area (Å²) in [6, 6.07) is 6.87. The van der Waals surface area contributed by atoms with Crippen LogP contribution in [0.15, 0.2) is 24.3 Å². The summed E-state index contributed by atoms with van der Waals surface area (Å²) in [6.45, 7) is 6.22. The van der Waals surface area contributed by atoms with Crippen molar-refractivity contribution >= 4 is 17.6 Å². The Hall–Kier alpha value is -1.88. The van der Waals surface area contributed by atoms with Crippen LogP contribution in [0, 0.1) is 0 Å². The molecule has 0 fully saturated rings. The third-order valence-electron chi connectivity index (χ3n) is 2.73. The molecule has 1 aromatic carbocycles. The second-order valence-corrected chi connectivity index (χ2v) is 4.88. The lowest BCUT2D eigenvalue weighted by atomic mass is 10.0. The summed E-state index contributed by atoms with van der Waals surface area (Å²) in [5.41, 5.74) is 0.596. The number of amides is 1. The predicted molar refractivity (Wildman–Crippen MR) is 74.2 cm³/mol. The van der Waals surface area contributed by atoms with E-state index in [1.165, 1.54) is 0 Å². The molecule has 0 aliphatic rings. The van der Waals surface area contributed by atoms with E-state index in [1.807, 2.05) is 6.92 Å². The van der Waals surface area contributed by atoms with Gasteiger partial charge in [0.2, 0.25) is 5.91 Å². The van der Waals surface area contributed by atoms with E-state index in [2.05, 4.69) is 10.6 Å². The zero-order chi connectivity index (χ0) is 14.5. The molecule has 0 unspecified atom stereocenters. The van der Waals surface area contributed by atoms with E-state index in [0.717, 1.165) is 0 Å². The van der Waals surface area contributed by atoms with Crippen LogP contribution in [-0.2, 0) is 16.0 Å². The van der Waals surface area contributed by atoms with Gasteiger partial charge in [-0.1, -0.05) is 19.1 Å². The van der Waals surface area contributed by atoms with Gasteiger partial charge in [0.25, 0.3) is 0 Å². The van der Waals surface area contributed by atoms with E-state index in [-0.39, 0.29) is 12.3 Å². The van der Waals surface area contributed by atoms with Gasteiger partial charge in [0.05, 0.1) is 12.0 Å². The monoisotopic (exact) mass is 264 g/mol. The van der Waals surface area contributed by atoms with Gasteiger partial charge >= 0.3 is 5.97 Å². The molecule has 0 saturated carbocycles. The number of anilines is 1. The summed E-state index contributed by atoms with van der Waals surface area (Å²) in [6.07, 6.45) is -0.0552. The molecule has 3 N–H and O–H groups in total. The molecule has 0 aromatic heterocycles. The molecular weight excluding hydrogens is 244 g/mol. The van der Waals surface area contributed by atoms with E-state index in [4.69, 9.17) is 5.11 Å². The lowest BCUT2D eigenvalue weighted by Crippen LogP contribution is -2.49. The van der Waals surface area contributed by atoms with Crippen LogP contribution in [0.3, 0.4) is 0 Å². The Morgan fingerprint density at radius 1 is 1.32 bits per heavy atom. The van der Waals surface area contributed by atoms with Gasteiger partial charge in [-0.05, 0) is 38.1 Å². The van der Waals surface area contributed by atoms with E-state index in [1.54, 1.807) is 38.1 Å². The van der Waals surface area contributed by atoms with Crippen LogP contribution in [0.5, 0.6) is 0 Å². The number of carbonyl (C=O) groups is 2. The highest BCUT2D eigenvalue weighted by molar-refractivity contribution is 5.97. The van der Waals surface area contributed by atoms with E-state index in [9.17, 15) is 9.59 Å². The molecule has 0 saturated heterocycles. The van der Waals surface area contributed by atoms with Crippen LogP contribution in [-0.4, -0.2) is 29.1 Å². The number of hydrogen-bond acceptors (Lipinski definition) is 3. The minimum Gasteiger partial charge on any atom is -0.481 e. The lowest BCUT2D eigenvalue weighted by Gasteiger charge is -2.24. The van der Waals surface area contributed by atoms with E-state index < -0.39 is 11.5 Å². The van der Waals surface area contributed by atoms with Gasteiger partial charge in [-0.2, -0.15) is 0 Å². The number of benzene rings is 1. The molecule has 5 heteroatoms. The molecule has 0 radical (unpaired) electrons. The molecule has 5 nitrogen and oxygen atoms in total. The largest absolute Gasteiger partial charge is 0.481 e. The fraction of sp³-hybridized carbons (Fsp3) is 0.429. The Labute approximate surface area is 113 Å². The minimum atomic E-state index is -0.892. The minimum absolute atomic E-state index is 0.0552. The average molecular weight is 264 g/mol. The van der Waals surface area contributed by atoms with Crippen LogP contribution >= 0.6 is 0 Å².